The first-order chi connectivity index (χ1) is 11.9. The summed E-state index contributed by atoms with van der Waals surface area (Å²) in [4.78, 5) is 26.7. The first-order valence-electron chi connectivity index (χ1n) is 9.24. The van der Waals surface area contributed by atoms with Gasteiger partial charge in [0.1, 0.15) is 0 Å². The van der Waals surface area contributed by atoms with Crippen LogP contribution in [0.5, 0.6) is 0 Å². The van der Waals surface area contributed by atoms with Gasteiger partial charge >= 0.3 is 0 Å². The predicted molar refractivity (Wildman–Crippen MR) is 100 cm³/mol. The van der Waals surface area contributed by atoms with E-state index in [1.165, 1.54) is 19.3 Å². The number of rotatable bonds is 6. The zero-order valence-corrected chi connectivity index (χ0v) is 15.7. The third-order valence-electron chi connectivity index (χ3n) is 4.49. The minimum Gasteiger partial charge on any atom is -0.352 e. The monoisotopic (exact) mass is 345 g/mol. The Bertz CT molecular complexity index is 587. The molecule has 0 saturated carbocycles. The molecule has 1 aliphatic rings. The lowest BCUT2D eigenvalue weighted by Gasteiger charge is -2.26. The lowest BCUT2D eigenvalue weighted by molar-refractivity contribution is -0.128. The van der Waals surface area contributed by atoms with Gasteiger partial charge in [-0.3, -0.25) is 9.59 Å². The molecular formula is C20H31N3O2. The van der Waals surface area contributed by atoms with Crippen molar-refractivity contribution in [2.45, 2.75) is 46.6 Å². The number of nitrogens with zero attached hydrogens (tertiary/aromatic N) is 1. The van der Waals surface area contributed by atoms with Crippen molar-refractivity contribution in [2.24, 2.45) is 5.41 Å². The van der Waals surface area contributed by atoms with Crippen LogP contribution in [0, 0.1) is 5.41 Å². The number of hydrogen-bond donors (Lipinski definition) is 2. The van der Waals surface area contributed by atoms with E-state index in [1.54, 1.807) is 0 Å². The highest BCUT2D eigenvalue weighted by Crippen LogP contribution is 2.13. The van der Waals surface area contributed by atoms with Gasteiger partial charge in [0.15, 0.2) is 0 Å². The molecule has 5 heteroatoms. The molecule has 0 aliphatic carbocycles. The fourth-order valence-corrected chi connectivity index (χ4v) is 2.88. The average molecular weight is 345 g/mol. The lowest BCUT2D eigenvalue weighted by Crippen LogP contribution is -2.37. The van der Waals surface area contributed by atoms with Crippen molar-refractivity contribution in [3.05, 3.63) is 35.4 Å². The summed E-state index contributed by atoms with van der Waals surface area (Å²) in [5.41, 5.74) is 1.16. The van der Waals surface area contributed by atoms with E-state index in [-0.39, 0.29) is 11.8 Å². The van der Waals surface area contributed by atoms with E-state index in [4.69, 9.17) is 0 Å². The molecule has 1 aliphatic heterocycles. The smallest absolute Gasteiger partial charge is 0.251 e. The van der Waals surface area contributed by atoms with Crippen molar-refractivity contribution in [3.8, 4) is 0 Å². The average Bonchev–Trinajstić information content (AvgIpc) is 2.60. The molecule has 1 aromatic rings. The van der Waals surface area contributed by atoms with E-state index < -0.39 is 5.41 Å². The maximum absolute atomic E-state index is 12.3. The zero-order valence-electron chi connectivity index (χ0n) is 15.7. The van der Waals surface area contributed by atoms with Crippen LogP contribution < -0.4 is 10.6 Å². The highest BCUT2D eigenvalue weighted by Gasteiger charge is 2.20. The SMILES string of the molecule is CC(C)(C)C(=O)NCc1cccc(C(=O)NCCN2CCCCC2)c1. The summed E-state index contributed by atoms with van der Waals surface area (Å²) < 4.78 is 0. The molecule has 2 rings (SSSR count). The van der Waals surface area contributed by atoms with Gasteiger partial charge in [-0.15, -0.1) is 0 Å². The van der Waals surface area contributed by atoms with Crippen molar-refractivity contribution >= 4 is 11.8 Å². The second-order valence-corrected chi connectivity index (χ2v) is 7.79. The van der Waals surface area contributed by atoms with Crippen LogP contribution in [0.1, 0.15) is 56.0 Å². The summed E-state index contributed by atoms with van der Waals surface area (Å²) in [5.74, 6) is -0.0510. The Morgan fingerprint density at radius 1 is 1.08 bits per heavy atom. The van der Waals surface area contributed by atoms with E-state index in [0.717, 1.165) is 25.2 Å². The van der Waals surface area contributed by atoms with E-state index in [0.29, 0.717) is 18.7 Å². The third-order valence-corrected chi connectivity index (χ3v) is 4.49. The van der Waals surface area contributed by atoms with Crippen LogP contribution in [-0.4, -0.2) is 42.9 Å². The number of carbonyl (C=O) groups excluding carboxylic acids is 2. The fourth-order valence-electron chi connectivity index (χ4n) is 2.88. The van der Waals surface area contributed by atoms with Gasteiger partial charge < -0.3 is 15.5 Å². The summed E-state index contributed by atoms with van der Waals surface area (Å²) in [6, 6.07) is 7.44. The Balaban J connectivity index is 1.80. The van der Waals surface area contributed by atoms with Crippen LogP contribution in [0.25, 0.3) is 0 Å². The molecule has 0 spiro atoms. The Kier molecular flexibility index (Phi) is 7.00. The molecule has 2 amide bonds. The lowest BCUT2D eigenvalue weighted by atomic mass is 9.95. The number of piperidine rings is 1. The number of benzene rings is 1. The second kappa shape index (κ2) is 8.99. The van der Waals surface area contributed by atoms with Crippen molar-refractivity contribution in [1.29, 1.82) is 0 Å². The molecule has 2 N–H and O–H groups in total. The van der Waals surface area contributed by atoms with Gasteiger partial charge in [0.25, 0.3) is 5.91 Å². The third kappa shape index (κ3) is 6.50. The maximum Gasteiger partial charge on any atom is 0.251 e. The minimum absolute atomic E-state index is 0.00360. The number of carbonyl (C=O) groups is 2. The Morgan fingerprint density at radius 3 is 2.48 bits per heavy atom. The van der Waals surface area contributed by atoms with Crippen LogP contribution in [0.2, 0.25) is 0 Å². The molecule has 1 aromatic carbocycles. The van der Waals surface area contributed by atoms with Crippen LogP contribution in [-0.2, 0) is 11.3 Å². The Morgan fingerprint density at radius 2 is 1.80 bits per heavy atom. The number of nitrogens with one attached hydrogen (secondary N) is 2. The minimum atomic E-state index is -0.413. The fraction of sp³-hybridized carbons (Fsp3) is 0.600. The molecule has 0 aromatic heterocycles. The molecule has 0 unspecified atom stereocenters. The van der Waals surface area contributed by atoms with Gasteiger partial charge in [0, 0.05) is 30.6 Å². The first kappa shape index (κ1) is 19.4. The van der Waals surface area contributed by atoms with Crippen molar-refractivity contribution < 1.29 is 9.59 Å². The molecule has 1 fully saturated rings. The van der Waals surface area contributed by atoms with Crippen LogP contribution in [0.4, 0.5) is 0 Å². The molecule has 25 heavy (non-hydrogen) atoms. The van der Waals surface area contributed by atoms with Crippen LogP contribution >= 0.6 is 0 Å². The number of likely N-dealkylation sites (tertiary alicyclic amines) is 1. The van der Waals surface area contributed by atoms with Gasteiger partial charge in [-0.05, 0) is 43.6 Å². The topological polar surface area (TPSA) is 61.4 Å². The molecule has 0 atom stereocenters. The summed E-state index contributed by atoms with van der Waals surface area (Å²) in [7, 11) is 0. The second-order valence-electron chi connectivity index (χ2n) is 7.79. The van der Waals surface area contributed by atoms with E-state index in [1.807, 2.05) is 45.0 Å². The standard InChI is InChI=1S/C20H31N3O2/c1-20(2,3)19(25)22-15-16-8-7-9-17(14-16)18(24)21-10-13-23-11-5-4-6-12-23/h7-9,14H,4-6,10-13,15H2,1-3H3,(H,21,24)(H,22,25). The molecular weight excluding hydrogens is 314 g/mol. The van der Waals surface area contributed by atoms with E-state index >= 15 is 0 Å². The molecule has 0 radical (unpaired) electrons. The normalized spacial score (nSPS) is 15.6. The molecule has 0 bridgehead atoms. The van der Waals surface area contributed by atoms with Gasteiger partial charge in [-0.25, -0.2) is 0 Å². The number of hydrogen-bond acceptors (Lipinski definition) is 3. The van der Waals surface area contributed by atoms with E-state index in [2.05, 4.69) is 15.5 Å². The zero-order chi connectivity index (χ0) is 18.3. The summed E-state index contributed by atoms with van der Waals surface area (Å²) >= 11 is 0. The van der Waals surface area contributed by atoms with Crippen molar-refractivity contribution in [3.63, 3.8) is 0 Å². The highest BCUT2D eigenvalue weighted by molar-refractivity contribution is 5.94. The molecule has 1 saturated heterocycles. The van der Waals surface area contributed by atoms with Gasteiger partial charge in [-0.1, -0.05) is 39.3 Å². The molecule has 138 valence electrons. The van der Waals surface area contributed by atoms with Crippen molar-refractivity contribution in [2.75, 3.05) is 26.2 Å². The maximum atomic E-state index is 12.3. The quantitative estimate of drug-likeness (QED) is 0.833. The molecule has 5 nitrogen and oxygen atoms in total. The largest absolute Gasteiger partial charge is 0.352 e. The van der Waals surface area contributed by atoms with Gasteiger partial charge in [-0.2, -0.15) is 0 Å². The first-order valence-corrected chi connectivity index (χ1v) is 9.24. The summed E-state index contributed by atoms with van der Waals surface area (Å²) in [6.45, 7) is 9.94. The van der Waals surface area contributed by atoms with E-state index in [9.17, 15) is 9.59 Å². The summed E-state index contributed by atoms with van der Waals surface area (Å²) in [5, 5.41) is 5.91. The van der Waals surface area contributed by atoms with Gasteiger partial charge in [0.2, 0.25) is 5.91 Å². The summed E-state index contributed by atoms with van der Waals surface area (Å²) in [6.07, 6.45) is 3.84. The molecule has 1 heterocycles. The highest BCUT2D eigenvalue weighted by atomic mass is 16.2. The van der Waals surface area contributed by atoms with Crippen LogP contribution in [0.15, 0.2) is 24.3 Å². The predicted octanol–water partition coefficient (Wildman–Crippen LogP) is 2.56. The van der Waals surface area contributed by atoms with Crippen LogP contribution in [0.3, 0.4) is 0 Å². The van der Waals surface area contributed by atoms with Gasteiger partial charge in [0.05, 0.1) is 0 Å². The van der Waals surface area contributed by atoms with Crippen molar-refractivity contribution in [1.82, 2.24) is 15.5 Å². The Hall–Kier alpha value is -1.88. The number of amides is 2. The Labute approximate surface area is 151 Å².